The van der Waals surface area contributed by atoms with E-state index in [9.17, 15) is 14.0 Å². The van der Waals surface area contributed by atoms with Crippen molar-refractivity contribution < 1.29 is 18.7 Å². The summed E-state index contributed by atoms with van der Waals surface area (Å²) in [6.45, 7) is 0.0821. The molecule has 0 spiro atoms. The maximum absolute atomic E-state index is 13.5. The number of nitrogens with one attached hydrogen (secondary N) is 1. The lowest BCUT2D eigenvalue weighted by Crippen LogP contribution is -2.16. The second-order valence-electron chi connectivity index (χ2n) is 7.22. The maximum Gasteiger partial charge on any atom is 0.269 e. The summed E-state index contributed by atoms with van der Waals surface area (Å²) < 4.78 is 20.8. The molecule has 3 heterocycles. The molecule has 0 atom stereocenters. The van der Waals surface area contributed by atoms with E-state index in [0.717, 1.165) is 0 Å². The fraction of sp³-hybridized carbons (Fsp3) is 0.0435. The standard InChI is InChI=1S/C23H15ClFN5O3/c24-21-15(2-1-9-27-21)23(32)28-13-5-8-18-16(10-13)20-17(11-33-18)19(22(26)31)29-30(20)14-6-3-12(25)4-7-14/h1-10H,11H2,(H2,26,31)(H,28,32). The first kappa shape index (κ1) is 20.7. The smallest absolute Gasteiger partial charge is 0.269 e. The molecule has 1 aliphatic heterocycles. The number of primary amides is 1. The molecule has 2 amide bonds. The lowest BCUT2D eigenvalue weighted by molar-refractivity contribution is 0.0990. The summed E-state index contributed by atoms with van der Waals surface area (Å²) >= 11 is 6.03. The number of hydrogen-bond donors (Lipinski definition) is 2. The second-order valence-corrected chi connectivity index (χ2v) is 7.58. The van der Waals surface area contributed by atoms with Gasteiger partial charge in [0.25, 0.3) is 11.8 Å². The van der Waals surface area contributed by atoms with Gasteiger partial charge in [0.1, 0.15) is 23.3 Å². The highest BCUT2D eigenvalue weighted by Gasteiger charge is 2.29. The number of amides is 2. The van der Waals surface area contributed by atoms with E-state index in [0.29, 0.717) is 33.9 Å². The Morgan fingerprint density at radius 3 is 2.67 bits per heavy atom. The van der Waals surface area contributed by atoms with Crippen LogP contribution in [0.5, 0.6) is 5.75 Å². The van der Waals surface area contributed by atoms with Crippen molar-refractivity contribution in [3.63, 3.8) is 0 Å². The summed E-state index contributed by atoms with van der Waals surface area (Å²) in [7, 11) is 0. The summed E-state index contributed by atoms with van der Waals surface area (Å²) in [4.78, 5) is 28.6. The quantitative estimate of drug-likeness (QED) is 0.445. The zero-order valence-electron chi connectivity index (χ0n) is 16.9. The average molecular weight is 464 g/mol. The van der Waals surface area contributed by atoms with E-state index < -0.39 is 17.6 Å². The van der Waals surface area contributed by atoms with Gasteiger partial charge in [-0.2, -0.15) is 5.10 Å². The highest BCUT2D eigenvalue weighted by atomic mass is 35.5. The number of halogens is 2. The number of pyridine rings is 1. The number of benzene rings is 2. The molecule has 0 radical (unpaired) electrons. The minimum absolute atomic E-state index is 0.0524. The first-order chi connectivity index (χ1) is 15.9. The van der Waals surface area contributed by atoms with E-state index in [1.54, 1.807) is 42.5 Å². The zero-order valence-corrected chi connectivity index (χ0v) is 17.6. The van der Waals surface area contributed by atoms with Crippen LogP contribution in [0, 0.1) is 5.82 Å². The number of carbonyl (C=O) groups excluding carboxylic acids is 2. The first-order valence-corrected chi connectivity index (χ1v) is 10.2. The molecule has 2 aromatic heterocycles. The van der Waals surface area contributed by atoms with Crippen molar-refractivity contribution in [2.24, 2.45) is 5.73 Å². The van der Waals surface area contributed by atoms with Crippen molar-refractivity contribution in [2.45, 2.75) is 6.61 Å². The van der Waals surface area contributed by atoms with Crippen LogP contribution < -0.4 is 15.8 Å². The number of hydrogen-bond acceptors (Lipinski definition) is 5. The third-order valence-electron chi connectivity index (χ3n) is 5.16. The molecule has 2 aromatic carbocycles. The van der Waals surface area contributed by atoms with Crippen LogP contribution in [-0.2, 0) is 6.61 Å². The van der Waals surface area contributed by atoms with Crippen LogP contribution in [0.4, 0.5) is 10.1 Å². The molecule has 5 rings (SSSR count). The van der Waals surface area contributed by atoms with Gasteiger partial charge in [0.05, 0.1) is 16.9 Å². The first-order valence-electron chi connectivity index (χ1n) is 9.79. The Balaban J connectivity index is 1.61. The van der Waals surface area contributed by atoms with E-state index in [1.807, 2.05) is 0 Å². The van der Waals surface area contributed by atoms with Crippen LogP contribution in [0.1, 0.15) is 26.4 Å². The normalized spacial score (nSPS) is 11.8. The fourth-order valence-electron chi connectivity index (χ4n) is 3.65. The van der Waals surface area contributed by atoms with Gasteiger partial charge in [0, 0.05) is 23.0 Å². The van der Waals surface area contributed by atoms with Gasteiger partial charge < -0.3 is 15.8 Å². The maximum atomic E-state index is 13.5. The number of carbonyl (C=O) groups is 2. The second kappa shape index (κ2) is 8.03. The molecule has 4 aromatic rings. The van der Waals surface area contributed by atoms with Gasteiger partial charge in [0.15, 0.2) is 5.69 Å². The predicted octanol–water partition coefficient (Wildman–Crippen LogP) is 3.97. The van der Waals surface area contributed by atoms with Crippen molar-refractivity contribution >= 4 is 29.1 Å². The summed E-state index contributed by atoms with van der Waals surface area (Å²) in [5.74, 6) is -1.03. The van der Waals surface area contributed by atoms with Crippen molar-refractivity contribution in [1.29, 1.82) is 0 Å². The van der Waals surface area contributed by atoms with E-state index in [1.165, 1.54) is 23.0 Å². The largest absolute Gasteiger partial charge is 0.488 e. The highest BCUT2D eigenvalue weighted by molar-refractivity contribution is 6.33. The van der Waals surface area contributed by atoms with Crippen LogP contribution >= 0.6 is 11.6 Å². The monoisotopic (exact) mass is 463 g/mol. The van der Waals surface area contributed by atoms with E-state index in [-0.39, 0.29) is 23.0 Å². The van der Waals surface area contributed by atoms with Crippen molar-refractivity contribution in [1.82, 2.24) is 14.8 Å². The van der Waals surface area contributed by atoms with Crippen molar-refractivity contribution in [2.75, 3.05) is 5.32 Å². The van der Waals surface area contributed by atoms with Crippen molar-refractivity contribution in [3.8, 4) is 22.7 Å². The number of fused-ring (bicyclic) bond motifs is 3. The number of aromatic nitrogens is 3. The lowest BCUT2D eigenvalue weighted by atomic mass is 10.0. The molecule has 3 N–H and O–H groups in total. The van der Waals surface area contributed by atoms with Crippen LogP contribution in [0.25, 0.3) is 16.9 Å². The minimum atomic E-state index is -0.713. The molecule has 0 aliphatic carbocycles. The summed E-state index contributed by atoms with van der Waals surface area (Å²) in [6.07, 6.45) is 1.49. The number of nitrogens with zero attached hydrogens (tertiary/aromatic N) is 3. The Morgan fingerprint density at radius 2 is 1.94 bits per heavy atom. The van der Waals surface area contributed by atoms with Gasteiger partial charge in [0.2, 0.25) is 0 Å². The zero-order chi connectivity index (χ0) is 23.1. The predicted molar refractivity (Wildman–Crippen MR) is 119 cm³/mol. The van der Waals surface area contributed by atoms with Gasteiger partial charge in [-0.3, -0.25) is 9.59 Å². The highest BCUT2D eigenvalue weighted by Crippen LogP contribution is 2.41. The molecule has 8 nitrogen and oxygen atoms in total. The topological polar surface area (TPSA) is 112 Å². The Labute approximate surface area is 191 Å². The molecule has 1 aliphatic rings. The lowest BCUT2D eigenvalue weighted by Gasteiger charge is -2.20. The molecule has 0 unspecified atom stereocenters. The summed E-state index contributed by atoms with van der Waals surface area (Å²) in [6, 6.07) is 13.9. The van der Waals surface area contributed by atoms with Crippen LogP contribution in [-0.4, -0.2) is 26.6 Å². The molecule has 0 fully saturated rings. The average Bonchev–Trinajstić information content (AvgIpc) is 3.20. The number of ether oxygens (including phenoxy) is 1. The summed E-state index contributed by atoms with van der Waals surface area (Å²) in [5.41, 5.74) is 8.45. The van der Waals surface area contributed by atoms with Gasteiger partial charge >= 0.3 is 0 Å². The number of anilines is 1. The number of nitrogens with two attached hydrogens (primary N) is 1. The van der Waals surface area contributed by atoms with Crippen LogP contribution in [0.15, 0.2) is 60.8 Å². The van der Waals surface area contributed by atoms with Gasteiger partial charge in [-0.05, 0) is 54.6 Å². The van der Waals surface area contributed by atoms with E-state index >= 15 is 0 Å². The van der Waals surface area contributed by atoms with Gasteiger partial charge in [-0.15, -0.1) is 0 Å². The third-order valence-corrected chi connectivity index (χ3v) is 5.46. The molecule has 0 saturated carbocycles. The SMILES string of the molecule is NC(=O)c1nn(-c2ccc(F)cc2)c2c1COc1ccc(NC(=O)c3cccnc3Cl)cc1-2. The molecular formula is C23H15ClFN5O3. The minimum Gasteiger partial charge on any atom is -0.488 e. The van der Waals surface area contributed by atoms with Crippen molar-refractivity contribution in [3.05, 3.63) is 88.6 Å². The van der Waals surface area contributed by atoms with Gasteiger partial charge in [-0.1, -0.05) is 11.6 Å². The van der Waals surface area contributed by atoms with E-state index in [2.05, 4.69) is 15.4 Å². The molecule has 33 heavy (non-hydrogen) atoms. The molecule has 0 saturated heterocycles. The van der Waals surface area contributed by atoms with E-state index in [4.69, 9.17) is 22.1 Å². The Bertz CT molecular complexity index is 1420. The molecule has 10 heteroatoms. The Kier molecular flexibility index (Phi) is 5.02. The fourth-order valence-corrected chi connectivity index (χ4v) is 3.86. The summed E-state index contributed by atoms with van der Waals surface area (Å²) in [5, 5.41) is 7.24. The van der Waals surface area contributed by atoms with Crippen LogP contribution in [0.3, 0.4) is 0 Å². The third kappa shape index (κ3) is 3.68. The van der Waals surface area contributed by atoms with Gasteiger partial charge in [-0.25, -0.2) is 14.1 Å². The van der Waals surface area contributed by atoms with Crippen LogP contribution in [0.2, 0.25) is 5.15 Å². The Morgan fingerprint density at radius 1 is 1.15 bits per heavy atom. The molecule has 164 valence electrons. The molecule has 0 bridgehead atoms. The number of rotatable bonds is 4. The molecular weight excluding hydrogens is 449 g/mol. The Hall–Kier alpha value is -4.24.